The first kappa shape index (κ1) is 20.0. The number of hydrogen-bond acceptors (Lipinski definition) is 4. The van der Waals surface area contributed by atoms with Crippen LogP contribution in [0, 0.1) is 5.82 Å². The molecule has 0 spiro atoms. The van der Waals surface area contributed by atoms with E-state index >= 15 is 0 Å². The number of ether oxygens (including phenoxy) is 2. The molecule has 2 aliphatic rings. The summed E-state index contributed by atoms with van der Waals surface area (Å²) in [5.41, 5.74) is 0.216. The highest BCUT2D eigenvalue weighted by Gasteiger charge is 2.40. The Bertz CT molecular complexity index is 944. The summed E-state index contributed by atoms with van der Waals surface area (Å²) in [6.07, 6.45) is 3.81. The first-order valence-corrected chi connectivity index (χ1v) is 10.1. The Kier molecular flexibility index (Phi) is 5.74. The third-order valence-electron chi connectivity index (χ3n) is 5.47. The molecule has 2 aromatic rings. The third-order valence-corrected chi connectivity index (χ3v) is 5.47. The van der Waals surface area contributed by atoms with Crippen LogP contribution >= 0.6 is 0 Å². The summed E-state index contributed by atoms with van der Waals surface area (Å²) in [7, 11) is 0. The topological polar surface area (TPSA) is 88.7 Å². The zero-order valence-corrected chi connectivity index (χ0v) is 16.5. The van der Waals surface area contributed by atoms with Gasteiger partial charge < -0.3 is 25.4 Å². The number of carbonyl (C=O) groups excluding carboxylic acids is 2. The van der Waals surface area contributed by atoms with E-state index in [1.165, 1.54) is 18.2 Å². The fourth-order valence-corrected chi connectivity index (χ4v) is 3.91. The van der Waals surface area contributed by atoms with E-state index < -0.39 is 17.4 Å². The molecule has 0 bridgehead atoms. The summed E-state index contributed by atoms with van der Waals surface area (Å²) in [6.45, 7) is 0.503. The highest BCUT2D eigenvalue weighted by molar-refractivity contribution is 5.96. The largest absolute Gasteiger partial charge is 0.454 e. The standard InChI is InChI=1S/C22H24FN3O4/c23-16-5-4-6-17(12-16)25-21(28)26-22(9-2-1-3-10-22)20(27)24-13-15-7-8-18-19(11-15)30-14-29-18/h4-8,11-12H,1-3,9-10,13-14H2,(H,24,27)(H2,25,26,28). The number of carbonyl (C=O) groups is 2. The summed E-state index contributed by atoms with van der Waals surface area (Å²) < 4.78 is 24.0. The Morgan fingerprint density at radius 2 is 1.80 bits per heavy atom. The van der Waals surface area contributed by atoms with Crippen LogP contribution in [0.5, 0.6) is 11.5 Å². The molecule has 1 aliphatic carbocycles. The number of urea groups is 1. The lowest BCUT2D eigenvalue weighted by Crippen LogP contribution is -2.60. The SMILES string of the molecule is O=C(Nc1cccc(F)c1)NC1(C(=O)NCc2ccc3c(c2)OCO3)CCCCC1. The minimum Gasteiger partial charge on any atom is -0.454 e. The zero-order chi connectivity index (χ0) is 21.0. The van der Waals surface area contributed by atoms with Gasteiger partial charge in [0.05, 0.1) is 0 Å². The Balaban J connectivity index is 1.41. The van der Waals surface area contributed by atoms with Crippen LogP contribution in [0.2, 0.25) is 0 Å². The van der Waals surface area contributed by atoms with Crippen LogP contribution in [0.1, 0.15) is 37.7 Å². The van der Waals surface area contributed by atoms with Crippen LogP contribution < -0.4 is 25.4 Å². The van der Waals surface area contributed by atoms with Gasteiger partial charge in [0.25, 0.3) is 0 Å². The number of hydrogen-bond donors (Lipinski definition) is 3. The summed E-state index contributed by atoms with van der Waals surface area (Å²) >= 11 is 0. The van der Waals surface area contributed by atoms with Gasteiger partial charge in [0.2, 0.25) is 12.7 Å². The van der Waals surface area contributed by atoms with Crippen molar-refractivity contribution >= 4 is 17.6 Å². The molecular weight excluding hydrogens is 389 g/mol. The monoisotopic (exact) mass is 413 g/mol. The van der Waals surface area contributed by atoms with E-state index in [1.807, 2.05) is 18.2 Å². The Morgan fingerprint density at radius 1 is 1.00 bits per heavy atom. The van der Waals surface area contributed by atoms with Crippen molar-refractivity contribution in [3.63, 3.8) is 0 Å². The van der Waals surface area contributed by atoms with Gasteiger partial charge in [0.1, 0.15) is 11.4 Å². The van der Waals surface area contributed by atoms with Gasteiger partial charge in [0.15, 0.2) is 11.5 Å². The quantitative estimate of drug-likeness (QED) is 0.698. The van der Waals surface area contributed by atoms with Crippen molar-refractivity contribution in [2.45, 2.75) is 44.2 Å². The first-order chi connectivity index (χ1) is 14.5. The van der Waals surface area contributed by atoms with Gasteiger partial charge in [-0.1, -0.05) is 31.4 Å². The highest BCUT2D eigenvalue weighted by Crippen LogP contribution is 2.33. The van der Waals surface area contributed by atoms with Crippen LogP contribution in [-0.2, 0) is 11.3 Å². The number of fused-ring (bicyclic) bond motifs is 1. The molecule has 1 aliphatic heterocycles. The van der Waals surface area contributed by atoms with Crippen LogP contribution in [0.15, 0.2) is 42.5 Å². The molecule has 1 fully saturated rings. The molecule has 1 heterocycles. The molecule has 0 unspecified atom stereocenters. The molecule has 7 nitrogen and oxygen atoms in total. The lowest BCUT2D eigenvalue weighted by molar-refractivity contribution is -0.128. The summed E-state index contributed by atoms with van der Waals surface area (Å²) in [6, 6.07) is 10.6. The van der Waals surface area contributed by atoms with Crippen molar-refractivity contribution in [2.24, 2.45) is 0 Å². The molecule has 30 heavy (non-hydrogen) atoms. The maximum Gasteiger partial charge on any atom is 0.320 e. The smallest absolute Gasteiger partial charge is 0.320 e. The van der Waals surface area contributed by atoms with E-state index in [2.05, 4.69) is 16.0 Å². The number of anilines is 1. The average molecular weight is 413 g/mol. The Morgan fingerprint density at radius 3 is 2.60 bits per heavy atom. The second-order valence-corrected chi connectivity index (χ2v) is 7.60. The maximum absolute atomic E-state index is 13.4. The number of benzene rings is 2. The molecule has 1 saturated carbocycles. The van der Waals surface area contributed by atoms with Crippen molar-refractivity contribution in [3.8, 4) is 11.5 Å². The van der Waals surface area contributed by atoms with E-state index in [-0.39, 0.29) is 12.7 Å². The minimum atomic E-state index is -0.994. The molecule has 3 amide bonds. The molecule has 0 radical (unpaired) electrons. The van der Waals surface area contributed by atoms with Crippen LogP contribution in [0.4, 0.5) is 14.9 Å². The van der Waals surface area contributed by atoms with Crippen LogP contribution in [0.3, 0.4) is 0 Å². The number of amides is 3. The van der Waals surface area contributed by atoms with Gasteiger partial charge in [0, 0.05) is 12.2 Å². The summed E-state index contributed by atoms with van der Waals surface area (Å²) in [5, 5.41) is 8.40. The molecule has 0 aromatic heterocycles. The number of rotatable bonds is 5. The van der Waals surface area contributed by atoms with Crippen molar-refractivity contribution in [1.82, 2.24) is 10.6 Å². The van der Waals surface area contributed by atoms with Gasteiger partial charge >= 0.3 is 6.03 Å². The molecule has 4 rings (SSSR count). The van der Waals surface area contributed by atoms with E-state index in [9.17, 15) is 14.0 Å². The molecule has 3 N–H and O–H groups in total. The molecule has 158 valence electrons. The normalized spacial score (nSPS) is 16.6. The van der Waals surface area contributed by atoms with Crippen molar-refractivity contribution in [1.29, 1.82) is 0 Å². The zero-order valence-electron chi connectivity index (χ0n) is 16.5. The minimum absolute atomic E-state index is 0.193. The van der Waals surface area contributed by atoms with E-state index in [1.54, 1.807) is 6.07 Å². The van der Waals surface area contributed by atoms with Crippen LogP contribution in [0.25, 0.3) is 0 Å². The summed E-state index contributed by atoms with van der Waals surface area (Å²) in [4.78, 5) is 25.6. The van der Waals surface area contributed by atoms with Gasteiger partial charge in [-0.25, -0.2) is 9.18 Å². The van der Waals surface area contributed by atoms with E-state index in [0.29, 0.717) is 36.6 Å². The maximum atomic E-state index is 13.4. The van der Waals surface area contributed by atoms with E-state index in [4.69, 9.17) is 9.47 Å². The first-order valence-electron chi connectivity index (χ1n) is 10.1. The fourth-order valence-electron chi connectivity index (χ4n) is 3.91. The predicted octanol–water partition coefficient (Wildman–Crippen LogP) is 3.70. The molecule has 0 saturated heterocycles. The van der Waals surface area contributed by atoms with Crippen molar-refractivity contribution in [2.75, 3.05) is 12.1 Å². The Hall–Kier alpha value is -3.29. The fraction of sp³-hybridized carbons (Fsp3) is 0.364. The number of halogens is 1. The van der Waals surface area contributed by atoms with Crippen molar-refractivity contribution < 1.29 is 23.5 Å². The second-order valence-electron chi connectivity index (χ2n) is 7.60. The van der Waals surface area contributed by atoms with Crippen molar-refractivity contribution in [3.05, 3.63) is 53.8 Å². The molecule has 0 atom stereocenters. The average Bonchev–Trinajstić information content (AvgIpc) is 3.20. The van der Waals surface area contributed by atoms with Gasteiger partial charge in [-0.15, -0.1) is 0 Å². The predicted molar refractivity (Wildman–Crippen MR) is 109 cm³/mol. The molecule has 8 heteroatoms. The van der Waals surface area contributed by atoms with Gasteiger partial charge in [-0.2, -0.15) is 0 Å². The lowest BCUT2D eigenvalue weighted by atomic mass is 9.81. The summed E-state index contributed by atoms with van der Waals surface area (Å²) in [5.74, 6) is 0.669. The molecular formula is C22H24FN3O4. The lowest BCUT2D eigenvalue weighted by Gasteiger charge is -2.36. The van der Waals surface area contributed by atoms with Gasteiger partial charge in [-0.05, 0) is 48.7 Å². The van der Waals surface area contributed by atoms with E-state index in [0.717, 1.165) is 24.8 Å². The van der Waals surface area contributed by atoms with Gasteiger partial charge in [-0.3, -0.25) is 4.79 Å². The second kappa shape index (κ2) is 8.61. The van der Waals surface area contributed by atoms with Crippen LogP contribution in [-0.4, -0.2) is 24.3 Å². The Labute approximate surface area is 173 Å². The third kappa shape index (κ3) is 4.48. The molecule has 2 aromatic carbocycles. The number of nitrogens with one attached hydrogen (secondary N) is 3. The highest BCUT2D eigenvalue weighted by atomic mass is 19.1.